The van der Waals surface area contributed by atoms with Gasteiger partial charge in [-0.3, -0.25) is 0 Å². The summed E-state index contributed by atoms with van der Waals surface area (Å²) < 4.78 is 5.18. The van der Waals surface area contributed by atoms with Gasteiger partial charge in [-0.1, -0.05) is 23.8 Å². The van der Waals surface area contributed by atoms with Crippen LogP contribution < -0.4 is 4.74 Å². The number of rotatable bonds is 3. The van der Waals surface area contributed by atoms with Crippen LogP contribution in [0.4, 0.5) is 0 Å². The van der Waals surface area contributed by atoms with E-state index in [0.29, 0.717) is 10.8 Å². The van der Waals surface area contributed by atoms with E-state index in [-0.39, 0.29) is 11.5 Å². The van der Waals surface area contributed by atoms with Crippen LogP contribution in [0.2, 0.25) is 5.02 Å². The quantitative estimate of drug-likeness (QED) is 0.842. The summed E-state index contributed by atoms with van der Waals surface area (Å²) in [5.74, 6) is -0.247. The maximum absolute atomic E-state index is 11.2. The number of carboxylic acids is 1. The van der Waals surface area contributed by atoms with Gasteiger partial charge in [0.25, 0.3) is 0 Å². The molecule has 1 fully saturated rings. The highest BCUT2D eigenvalue weighted by Crippen LogP contribution is 2.41. The number of methoxy groups -OCH3 is 1. The number of aromatic carboxylic acids is 1. The molecule has 0 heterocycles. The van der Waals surface area contributed by atoms with Crippen molar-refractivity contribution in [3.05, 3.63) is 40.4 Å². The average molecular weight is 281 g/mol. The predicted molar refractivity (Wildman–Crippen MR) is 75.3 cm³/mol. The van der Waals surface area contributed by atoms with Gasteiger partial charge in [0.2, 0.25) is 0 Å². The van der Waals surface area contributed by atoms with Gasteiger partial charge in [0, 0.05) is 0 Å². The van der Waals surface area contributed by atoms with E-state index in [4.69, 9.17) is 21.4 Å². The molecule has 1 aliphatic rings. The molecular weight excluding hydrogens is 264 g/mol. The highest BCUT2D eigenvalue weighted by Gasteiger charge is 2.23. The summed E-state index contributed by atoms with van der Waals surface area (Å²) in [6, 6.07) is 3.14. The molecule has 0 spiro atoms. The van der Waals surface area contributed by atoms with E-state index in [9.17, 15) is 4.79 Å². The van der Waals surface area contributed by atoms with Crippen molar-refractivity contribution in [2.75, 3.05) is 7.11 Å². The van der Waals surface area contributed by atoms with Crippen LogP contribution in [0.1, 0.15) is 47.5 Å². The Morgan fingerprint density at radius 1 is 1.42 bits per heavy atom. The van der Waals surface area contributed by atoms with Crippen LogP contribution in [0.15, 0.2) is 24.3 Å². The molecule has 0 aromatic heterocycles. The Balaban J connectivity index is 2.40. The minimum Gasteiger partial charge on any atom is -0.495 e. The van der Waals surface area contributed by atoms with Crippen LogP contribution in [0.3, 0.4) is 0 Å². The fourth-order valence-electron chi connectivity index (χ4n) is 2.53. The Hall–Kier alpha value is -1.48. The molecule has 1 aromatic carbocycles. The Labute approximate surface area is 117 Å². The fraction of sp³-hybridized carbons (Fsp3) is 0.400. The topological polar surface area (TPSA) is 46.5 Å². The number of benzene rings is 1. The van der Waals surface area contributed by atoms with Crippen LogP contribution in [0, 0.1) is 0 Å². The summed E-state index contributed by atoms with van der Waals surface area (Å²) in [5.41, 5.74) is 2.36. The lowest BCUT2D eigenvalue weighted by Crippen LogP contribution is -2.09. The summed E-state index contributed by atoms with van der Waals surface area (Å²) >= 11 is 6.31. The van der Waals surface area contributed by atoms with E-state index in [1.54, 1.807) is 6.07 Å². The molecule has 1 aromatic rings. The number of hydrogen-bond acceptors (Lipinski definition) is 2. The second-order valence-corrected chi connectivity index (χ2v) is 5.29. The van der Waals surface area contributed by atoms with E-state index in [2.05, 4.69) is 6.58 Å². The van der Waals surface area contributed by atoms with E-state index in [1.165, 1.54) is 18.7 Å². The summed E-state index contributed by atoms with van der Waals surface area (Å²) in [6.07, 6.45) is 3.87. The lowest BCUT2D eigenvalue weighted by molar-refractivity contribution is 0.0696. The normalized spacial score (nSPS) is 16.4. The molecule has 1 saturated carbocycles. The lowest BCUT2D eigenvalue weighted by Gasteiger charge is -2.25. The second kappa shape index (κ2) is 5.66. The van der Waals surface area contributed by atoms with E-state index < -0.39 is 5.97 Å². The monoisotopic (exact) mass is 280 g/mol. The van der Waals surface area contributed by atoms with Gasteiger partial charge in [0.15, 0.2) is 0 Å². The molecule has 102 valence electrons. The molecule has 19 heavy (non-hydrogen) atoms. The van der Waals surface area contributed by atoms with Gasteiger partial charge < -0.3 is 9.84 Å². The van der Waals surface area contributed by atoms with Gasteiger partial charge in [-0.15, -0.1) is 0 Å². The molecule has 2 rings (SSSR count). The molecule has 0 bridgehead atoms. The molecule has 0 atom stereocenters. The van der Waals surface area contributed by atoms with Gasteiger partial charge >= 0.3 is 5.97 Å². The van der Waals surface area contributed by atoms with Gasteiger partial charge in [-0.2, -0.15) is 0 Å². The van der Waals surface area contributed by atoms with Crippen molar-refractivity contribution >= 4 is 17.6 Å². The molecule has 1 aliphatic carbocycles. The van der Waals surface area contributed by atoms with Crippen molar-refractivity contribution in [3.8, 4) is 5.75 Å². The Morgan fingerprint density at radius 3 is 2.58 bits per heavy atom. The third-order valence-electron chi connectivity index (χ3n) is 3.67. The number of hydrogen-bond donors (Lipinski definition) is 1. The zero-order valence-electron chi connectivity index (χ0n) is 10.9. The minimum absolute atomic E-state index is 0.223. The third kappa shape index (κ3) is 2.92. The molecule has 0 saturated heterocycles. The van der Waals surface area contributed by atoms with Crippen molar-refractivity contribution in [1.82, 2.24) is 0 Å². The third-order valence-corrected chi connectivity index (χ3v) is 4.07. The first kappa shape index (κ1) is 13.9. The van der Waals surface area contributed by atoms with Crippen LogP contribution in [-0.2, 0) is 0 Å². The van der Waals surface area contributed by atoms with Crippen molar-refractivity contribution in [2.45, 2.75) is 31.6 Å². The SMILES string of the molecule is C=C1CCC(c2cc(C(=O)O)cc(OC)c2Cl)CC1. The number of allylic oxidation sites excluding steroid dienone is 1. The number of carboxylic acid groups (broad SMARTS) is 1. The van der Waals surface area contributed by atoms with Crippen molar-refractivity contribution < 1.29 is 14.6 Å². The van der Waals surface area contributed by atoms with E-state index >= 15 is 0 Å². The van der Waals surface area contributed by atoms with Crippen LogP contribution in [0.25, 0.3) is 0 Å². The molecule has 1 N–H and O–H groups in total. The smallest absolute Gasteiger partial charge is 0.335 e. The van der Waals surface area contributed by atoms with Crippen molar-refractivity contribution in [2.24, 2.45) is 0 Å². The largest absolute Gasteiger partial charge is 0.495 e. The Bertz CT molecular complexity index is 512. The standard InChI is InChI=1S/C15H17ClO3/c1-9-3-5-10(6-4-9)12-7-11(15(17)18)8-13(19-2)14(12)16/h7-8,10H,1,3-6H2,2H3,(H,17,18). The van der Waals surface area contributed by atoms with Crippen LogP contribution in [-0.4, -0.2) is 18.2 Å². The molecule has 0 amide bonds. The molecule has 0 radical (unpaired) electrons. The number of ether oxygens (including phenoxy) is 1. The van der Waals surface area contributed by atoms with Gasteiger partial charge in [0.05, 0.1) is 17.7 Å². The molecule has 0 aliphatic heterocycles. The van der Waals surface area contributed by atoms with E-state index in [0.717, 1.165) is 31.2 Å². The molecule has 3 nitrogen and oxygen atoms in total. The number of carbonyl (C=O) groups is 1. The second-order valence-electron chi connectivity index (χ2n) is 4.91. The highest BCUT2D eigenvalue weighted by atomic mass is 35.5. The summed E-state index contributed by atoms with van der Waals surface area (Å²) in [7, 11) is 1.50. The number of halogens is 1. The summed E-state index contributed by atoms with van der Waals surface area (Å²) in [6.45, 7) is 3.99. The van der Waals surface area contributed by atoms with Crippen LogP contribution >= 0.6 is 11.6 Å². The molecular formula is C15H17ClO3. The van der Waals surface area contributed by atoms with E-state index in [1.807, 2.05) is 0 Å². The zero-order chi connectivity index (χ0) is 14.0. The zero-order valence-corrected chi connectivity index (χ0v) is 11.7. The van der Waals surface area contributed by atoms with Gasteiger partial charge in [0.1, 0.15) is 5.75 Å². The van der Waals surface area contributed by atoms with Gasteiger partial charge in [-0.25, -0.2) is 4.79 Å². The van der Waals surface area contributed by atoms with Crippen molar-refractivity contribution in [3.63, 3.8) is 0 Å². The first-order chi connectivity index (χ1) is 9.02. The fourth-order valence-corrected chi connectivity index (χ4v) is 2.87. The Morgan fingerprint density at radius 2 is 2.05 bits per heavy atom. The average Bonchev–Trinajstić information content (AvgIpc) is 2.40. The molecule has 4 heteroatoms. The molecule has 0 unspecified atom stereocenters. The van der Waals surface area contributed by atoms with Gasteiger partial charge in [-0.05, 0) is 49.3 Å². The Kier molecular flexibility index (Phi) is 4.15. The maximum Gasteiger partial charge on any atom is 0.335 e. The first-order valence-electron chi connectivity index (χ1n) is 6.30. The predicted octanol–water partition coefficient (Wildman–Crippen LogP) is 4.26. The first-order valence-corrected chi connectivity index (χ1v) is 6.68. The summed E-state index contributed by atoms with van der Waals surface area (Å²) in [4.78, 5) is 11.2. The lowest BCUT2D eigenvalue weighted by atomic mass is 9.81. The van der Waals surface area contributed by atoms with Crippen molar-refractivity contribution in [1.29, 1.82) is 0 Å². The maximum atomic E-state index is 11.2. The summed E-state index contributed by atoms with van der Waals surface area (Å²) in [5, 5.41) is 9.68. The highest BCUT2D eigenvalue weighted by molar-refractivity contribution is 6.33. The van der Waals surface area contributed by atoms with Crippen LogP contribution in [0.5, 0.6) is 5.75 Å². The minimum atomic E-state index is -0.962.